The normalized spacial score (nSPS) is 20.2. The van der Waals surface area contributed by atoms with Gasteiger partial charge in [-0.15, -0.1) is 0 Å². The van der Waals surface area contributed by atoms with Crippen molar-refractivity contribution in [2.24, 2.45) is 5.92 Å². The van der Waals surface area contributed by atoms with E-state index < -0.39 is 8.32 Å². The molecule has 0 aliphatic carbocycles. The van der Waals surface area contributed by atoms with Crippen LogP contribution in [0.3, 0.4) is 0 Å². The van der Waals surface area contributed by atoms with Gasteiger partial charge in [-0.25, -0.2) is 0 Å². The minimum absolute atomic E-state index is 0.0925. The zero-order chi connectivity index (χ0) is 19.6. The molecule has 144 valence electrons. The van der Waals surface area contributed by atoms with E-state index in [-0.39, 0.29) is 23.1 Å². The summed E-state index contributed by atoms with van der Waals surface area (Å²) in [5.41, 5.74) is 1.18. The van der Waals surface area contributed by atoms with Crippen LogP contribution in [0.1, 0.15) is 54.9 Å². The molecule has 0 unspecified atom stereocenters. The number of thiocarbonyl (C=S) groups is 1. The van der Waals surface area contributed by atoms with Gasteiger partial charge in [0.15, 0.2) is 8.32 Å². The van der Waals surface area contributed by atoms with Gasteiger partial charge in [0, 0.05) is 11.8 Å². The lowest BCUT2D eigenvalue weighted by Gasteiger charge is -2.39. The molecule has 1 amide bonds. The first-order chi connectivity index (χ1) is 11.3. The highest BCUT2D eigenvalue weighted by atomic mass is 32.2. The molecular formula is C19H35NO2S2Si. The zero-order valence-corrected chi connectivity index (χ0v) is 19.9. The molecule has 0 N–H and O–H groups in total. The average molecular weight is 402 g/mol. The van der Waals surface area contributed by atoms with Crippen molar-refractivity contribution in [2.45, 2.75) is 85.2 Å². The fraction of sp³-hybridized carbons (Fsp3) is 0.789. The third kappa shape index (κ3) is 6.19. The summed E-state index contributed by atoms with van der Waals surface area (Å²) in [6, 6.07) is 0.199. The number of carbonyl (C=O) groups excluding carboxylic acids is 1. The second-order valence-electron chi connectivity index (χ2n) is 9.02. The van der Waals surface area contributed by atoms with Crippen LogP contribution >= 0.6 is 24.0 Å². The van der Waals surface area contributed by atoms with Gasteiger partial charge in [-0.1, -0.05) is 70.2 Å². The molecule has 0 spiro atoms. The molecule has 0 saturated carbocycles. The zero-order valence-electron chi connectivity index (χ0n) is 17.3. The van der Waals surface area contributed by atoms with Crippen molar-refractivity contribution in [3.05, 3.63) is 11.6 Å². The second kappa shape index (κ2) is 8.68. The molecule has 0 bridgehead atoms. The molecular weight excluding hydrogens is 366 g/mol. The molecule has 0 radical (unpaired) electrons. The van der Waals surface area contributed by atoms with E-state index in [2.05, 4.69) is 67.6 Å². The average Bonchev–Trinajstić information content (AvgIpc) is 2.77. The van der Waals surface area contributed by atoms with E-state index in [1.165, 1.54) is 5.57 Å². The Morgan fingerprint density at radius 1 is 1.40 bits per heavy atom. The maximum Gasteiger partial charge on any atom is 0.231 e. The van der Waals surface area contributed by atoms with Gasteiger partial charge in [-0.3, -0.25) is 9.69 Å². The van der Waals surface area contributed by atoms with E-state index in [9.17, 15) is 4.79 Å². The molecule has 6 heteroatoms. The third-order valence-electron chi connectivity index (χ3n) is 5.09. The van der Waals surface area contributed by atoms with Gasteiger partial charge in [-0.2, -0.15) is 0 Å². The molecule has 2 atom stereocenters. The standard InChI is InChI=1S/C19H35NO2S2Si/c1-13(2)10-15(22-25(8,9)19(5,6)7)11-17(21)20-16(14(3)4)12-24-18(20)23/h10,14-16H,11-12H2,1-9H3/t15-,16+/m1/s1. The van der Waals surface area contributed by atoms with Gasteiger partial charge in [0.25, 0.3) is 0 Å². The fourth-order valence-electron chi connectivity index (χ4n) is 2.55. The number of hydrogen-bond donors (Lipinski definition) is 0. The highest BCUT2D eigenvalue weighted by molar-refractivity contribution is 8.23. The molecule has 25 heavy (non-hydrogen) atoms. The summed E-state index contributed by atoms with van der Waals surface area (Å²) in [5, 5.41) is 0.114. The summed E-state index contributed by atoms with van der Waals surface area (Å²) < 4.78 is 7.25. The highest BCUT2D eigenvalue weighted by Gasteiger charge is 2.41. The Labute approximate surface area is 165 Å². The van der Waals surface area contributed by atoms with Gasteiger partial charge >= 0.3 is 0 Å². The van der Waals surface area contributed by atoms with E-state index in [1.807, 2.05) is 4.90 Å². The summed E-state index contributed by atoms with van der Waals surface area (Å²) in [7, 11) is -1.95. The fourth-order valence-corrected chi connectivity index (χ4v) is 5.47. The van der Waals surface area contributed by atoms with E-state index in [4.69, 9.17) is 16.6 Å². The SMILES string of the molecule is CC(C)=C[C@H](CC(=O)N1C(=S)SC[C@H]1C(C)C)O[Si](C)(C)C(C)(C)C. The van der Waals surface area contributed by atoms with Crippen molar-refractivity contribution in [3.63, 3.8) is 0 Å². The topological polar surface area (TPSA) is 29.5 Å². The first-order valence-corrected chi connectivity index (χ1v) is 13.4. The van der Waals surface area contributed by atoms with Crippen LogP contribution in [-0.4, -0.2) is 41.3 Å². The smallest absolute Gasteiger partial charge is 0.231 e. The quantitative estimate of drug-likeness (QED) is 0.328. The molecule has 0 aromatic rings. The van der Waals surface area contributed by atoms with Crippen LogP contribution in [0, 0.1) is 5.92 Å². The number of carbonyl (C=O) groups is 1. The Kier molecular flexibility index (Phi) is 7.94. The number of rotatable bonds is 6. The largest absolute Gasteiger partial charge is 0.410 e. The Balaban J connectivity index is 2.97. The number of nitrogens with zero attached hydrogens (tertiary/aromatic N) is 1. The number of allylic oxidation sites excluding steroid dienone is 1. The Bertz CT molecular complexity index is 534. The van der Waals surface area contributed by atoms with E-state index >= 15 is 0 Å². The number of thioether (sulfide) groups is 1. The first-order valence-electron chi connectivity index (χ1n) is 9.08. The highest BCUT2D eigenvalue weighted by Crippen LogP contribution is 2.38. The van der Waals surface area contributed by atoms with Crippen LogP contribution in [0.2, 0.25) is 18.1 Å². The van der Waals surface area contributed by atoms with Crippen LogP contribution in [-0.2, 0) is 9.22 Å². The summed E-state index contributed by atoms with van der Waals surface area (Å²) in [6.45, 7) is 19.6. The lowest BCUT2D eigenvalue weighted by Crippen LogP contribution is -2.46. The van der Waals surface area contributed by atoms with E-state index in [0.717, 1.165) is 5.75 Å². The van der Waals surface area contributed by atoms with Crippen molar-refractivity contribution < 1.29 is 9.22 Å². The summed E-state index contributed by atoms with van der Waals surface area (Å²) in [4.78, 5) is 14.9. The molecule has 3 nitrogen and oxygen atoms in total. The predicted molar refractivity (Wildman–Crippen MR) is 117 cm³/mol. The number of hydrogen-bond acceptors (Lipinski definition) is 4. The van der Waals surface area contributed by atoms with E-state index in [0.29, 0.717) is 16.7 Å². The molecule has 0 aromatic heterocycles. The van der Waals surface area contributed by atoms with Crippen molar-refractivity contribution in [1.29, 1.82) is 0 Å². The maximum atomic E-state index is 13.0. The molecule has 1 aliphatic rings. The minimum atomic E-state index is -1.95. The first kappa shape index (κ1) is 22.9. The Morgan fingerprint density at radius 3 is 2.40 bits per heavy atom. The van der Waals surface area contributed by atoms with Gasteiger partial charge in [-0.05, 0) is 37.9 Å². The Morgan fingerprint density at radius 2 is 1.96 bits per heavy atom. The van der Waals surface area contributed by atoms with Crippen LogP contribution < -0.4 is 0 Å². The van der Waals surface area contributed by atoms with Gasteiger partial charge in [0.05, 0.1) is 12.5 Å². The van der Waals surface area contributed by atoms with E-state index in [1.54, 1.807) is 11.8 Å². The molecule has 1 saturated heterocycles. The van der Waals surface area contributed by atoms with Crippen LogP contribution in [0.5, 0.6) is 0 Å². The van der Waals surface area contributed by atoms with Crippen molar-refractivity contribution in [3.8, 4) is 0 Å². The van der Waals surface area contributed by atoms with Crippen LogP contribution in [0.4, 0.5) is 0 Å². The minimum Gasteiger partial charge on any atom is -0.410 e. The molecule has 1 rings (SSSR count). The summed E-state index contributed by atoms with van der Waals surface area (Å²) in [6.07, 6.45) is 2.27. The predicted octanol–water partition coefficient (Wildman–Crippen LogP) is 5.62. The second-order valence-corrected chi connectivity index (χ2v) is 15.4. The lowest BCUT2D eigenvalue weighted by atomic mass is 10.0. The van der Waals surface area contributed by atoms with Crippen LogP contribution in [0.15, 0.2) is 11.6 Å². The molecule has 1 aliphatic heterocycles. The molecule has 1 heterocycles. The molecule has 1 fully saturated rings. The van der Waals surface area contributed by atoms with Gasteiger partial charge < -0.3 is 4.43 Å². The maximum absolute atomic E-state index is 13.0. The molecule has 0 aromatic carbocycles. The number of amides is 1. The van der Waals surface area contributed by atoms with Gasteiger partial charge in [0.2, 0.25) is 5.91 Å². The monoisotopic (exact) mass is 401 g/mol. The third-order valence-corrected chi connectivity index (χ3v) is 11.1. The Hall–Kier alpha value is -0.173. The summed E-state index contributed by atoms with van der Waals surface area (Å²) >= 11 is 7.06. The van der Waals surface area contributed by atoms with Crippen molar-refractivity contribution in [2.75, 3.05) is 5.75 Å². The summed E-state index contributed by atoms with van der Waals surface area (Å²) in [5.74, 6) is 1.40. The van der Waals surface area contributed by atoms with Crippen molar-refractivity contribution in [1.82, 2.24) is 4.90 Å². The lowest BCUT2D eigenvalue weighted by molar-refractivity contribution is -0.130. The van der Waals surface area contributed by atoms with Crippen LogP contribution in [0.25, 0.3) is 0 Å². The van der Waals surface area contributed by atoms with Crippen molar-refractivity contribution >= 4 is 42.5 Å². The van der Waals surface area contributed by atoms with Gasteiger partial charge in [0.1, 0.15) is 4.32 Å².